The number of nitrogens with one attached hydrogen (secondary N) is 2. The van der Waals surface area contributed by atoms with Gasteiger partial charge in [-0.25, -0.2) is 0 Å². The maximum Gasteiger partial charge on any atom is 0.314 e. The van der Waals surface area contributed by atoms with Gasteiger partial charge in [-0.2, -0.15) is 0 Å². The molecule has 2 amide bonds. The lowest BCUT2D eigenvalue weighted by atomic mass is 10.3. The number of anilines is 2. The van der Waals surface area contributed by atoms with Crippen LogP contribution >= 0.6 is 39.1 Å². The summed E-state index contributed by atoms with van der Waals surface area (Å²) in [7, 11) is 0. The van der Waals surface area contributed by atoms with Gasteiger partial charge in [-0.1, -0.05) is 51.3 Å². The molecule has 0 spiro atoms. The van der Waals surface area contributed by atoms with Crippen LogP contribution in [0.5, 0.6) is 0 Å². The fourth-order valence-corrected chi connectivity index (χ4v) is 2.43. The van der Waals surface area contributed by atoms with Gasteiger partial charge in [0.15, 0.2) is 0 Å². The van der Waals surface area contributed by atoms with Crippen LogP contribution in [0.3, 0.4) is 0 Å². The van der Waals surface area contributed by atoms with E-state index in [-0.39, 0.29) is 15.7 Å². The predicted octanol–water partition coefficient (Wildman–Crippen LogP) is 4.33. The molecule has 2 aromatic rings. The molecule has 108 valence electrons. The maximum absolute atomic E-state index is 11.9. The van der Waals surface area contributed by atoms with Crippen LogP contribution in [-0.2, 0) is 9.59 Å². The minimum Gasteiger partial charge on any atom is -0.318 e. The summed E-state index contributed by atoms with van der Waals surface area (Å²) in [4.78, 5) is 23.7. The van der Waals surface area contributed by atoms with Crippen molar-refractivity contribution < 1.29 is 9.59 Å². The topological polar surface area (TPSA) is 58.2 Å². The zero-order chi connectivity index (χ0) is 15.4. The molecule has 0 saturated carbocycles. The molecule has 2 N–H and O–H groups in total. The van der Waals surface area contributed by atoms with Crippen LogP contribution < -0.4 is 10.6 Å². The third kappa shape index (κ3) is 4.20. The van der Waals surface area contributed by atoms with Crippen LogP contribution in [0.25, 0.3) is 0 Å². The first-order valence-corrected chi connectivity index (χ1v) is 7.34. The average molecular weight is 388 g/mol. The number of para-hydroxylation sites is 1. The fraction of sp³-hybridized carbons (Fsp3) is 0. The Balaban J connectivity index is 2.08. The Morgan fingerprint density at radius 1 is 0.905 bits per heavy atom. The van der Waals surface area contributed by atoms with Crippen LogP contribution in [0, 0.1) is 0 Å². The highest BCUT2D eigenvalue weighted by Crippen LogP contribution is 2.29. The van der Waals surface area contributed by atoms with Crippen molar-refractivity contribution in [3.05, 3.63) is 57.0 Å². The van der Waals surface area contributed by atoms with Gasteiger partial charge in [-0.3, -0.25) is 9.59 Å². The zero-order valence-corrected chi connectivity index (χ0v) is 13.6. The summed E-state index contributed by atoms with van der Waals surface area (Å²) >= 11 is 15.1. The third-order valence-corrected chi connectivity index (χ3v) is 3.61. The molecule has 0 aliphatic rings. The van der Waals surface area contributed by atoms with Crippen LogP contribution in [-0.4, -0.2) is 11.8 Å². The van der Waals surface area contributed by atoms with E-state index in [4.69, 9.17) is 23.2 Å². The van der Waals surface area contributed by atoms with E-state index in [1.54, 1.807) is 42.5 Å². The van der Waals surface area contributed by atoms with Gasteiger partial charge in [0.1, 0.15) is 0 Å². The lowest BCUT2D eigenvalue weighted by Crippen LogP contribution is -2.29. The summed E-state index contributed by atoms with van der Waals surface area (Å²) in [5.74, 6) is -1.67. The Kier molecular flexibility index (Phi) is 5.22. The second kappa shape index (κ2) is 6.93. The molecule has 0 aromatic heterocycles. The molecule has 0 unspecified atom stereocenters. The number of hydrogen-bond donors (Lipinski definition) is 2. The molecule has 21 heavy (non-hydrogen) atoms. The van der Waals surface area contributed by atoms with Crippen molar-refractivity contribution in [3.8, 4) is 0 Å². The lowest BCUT2D eigenvalue weighted by molar-refractivity contribution is -0.132. The van der Waals surface area contributed by atoms with Gasteiger partial charge in [0, 0.05) is 10.2 Å². The van der Waals surface area contributed by atoms with Crippen molar-refractivity contribution >= 4 is 62.3 Å². The molecule has 0 aliphatic carbocycles. The van der Waals surface area contributed by atoms with Crippen LogP contribution in [0.4, 0.5) is 11.4 Å². The van der Waals surface area contributed by atoms with Crippen molar-refractivity contribution in [3.63, 3.8) is 0 Å². The second-order valence-corrected chi connectivity index (χ2v) is 5.75. The molecule has 2 aromatic carbocycles. The third-order valence-electron chi connectivity index (χ3n) is 2.49. The predicted molar refractivity (Wildman–Crippen MR) is 87.9 cm³/mol. The largest absolute Gasteiger partial charge is 0.318 e. The summed E-state index contributed by atoms with van der Waals surface area (Å²) in [6.07, 6.45) is 0. The molecule has 2 rings (SSSR count). The summed E-state index contributed by atoms with van der Waals surface area (Å²) in [6.45, 7) is 0. The van der Waals surface area contributed by atoms with E-state index in [9.17, 15) is 9.59 Å². The minimum absolute atomic E-state index is 0.204. The molecule has 0 saturated heterocycles. The monoisotopic (exact) mass is 386 g/mol. The molecular formula is C14H9BrCl2N2O2. The Labute approximate surface area is 139 Å². The molecule has 0 aliphatic heterocycles. The number of rotatable bonds is 2. The molecule has 7 heteroatoms. The highest BCUT2D eigenvalue weighted by molar-refractivity contribution is 9.10. The van der Waals surface area contributed by atoms with Crippen molar-refractivity contribution in [2.75, 3.05) is 10.6 Å². The van der Waals surface area contributed by atoms with E-state index in [2.05, 4.69) is 26.6 Å². The standard InChI is InChI=1S/C14H9BrCl2N2O2/c15-8-3-1-4-9(7-8)18-13(20)14(21)19-12-10(16)5-2-6-11(12)17/h1-7H,(H,18,20)(H,19,21). The first-order valence-electron chi connectivity index (χ1n) is 5.79. The highest BCUT2D eigenvalue weighted by Gasteiger charge is 2.17. The number of benzene rings is 2. The summed E-state index contributed by atoms with van der Waals surface area (Å²) < 4.78 is 0.787. The summed E-state index contributed by atoms with van der Waals surface area (Å²) in [5, 5.41) is 5.37. The van der Waals surface area contributed by atoms with Gasteiger partial charge in [0.2, 0.25) is 0 Å². The van der Waals surface area contributed by atoms with Gasteiger partial charge >= 0.3 is 11.8 Å². The number of hydrogen-bond acceptors (Lipinski definition) is 2. The van der Waals surface area contributed by atoms with Gasteiger partial charge in [-0.15, -0.1) is 0 Å². The summed E-state index contributed by atoms with van der Waals surface area (Å²) in [5.41, 5.74) is 0.699. The van der Waals surface area contributed by atoms with Crippen molar-refractivity contribution in [1.82, 2.24) is 0 Å². The second-order valence-electron chi connectivity index (χ2n) is 4.02. The SMILES string of the molecule is O=C(Nc1cccc(Br)c1)C(=O)Nc1c(Cl)cccc1Cl. The highest BCUT2D eigenvalue weighted by atomic mass is 79.9. The number of carbonyl (C=O) groups is 2. The molecule has 0 fully saturated rings. The zero-order valence-electron chi connectivity index (χ0n) is 10.5. The molecule has 4 nitrogen and oxygen atoms in total. The van der Waals surface area contributed by atoms with Crippen LogP contribution in [0.1, 0.15) is 0 Å². The average Bonchev–Trinajstić information content (AvgIpc) is 2.43. The Bertz CT molecular complexity index is 687. The quantitative estimate of drug-likeness (QED) is 0.753. The molecule has 0 heterocycles. The molecular weight excluding hydrogens is 379 g/mol. The number of halogens is 3. The molecule has 0 atom stereocenters. The van der Waals surface area contributed by atoms with Gasteiger partial charge in [0.05, 0.1) is 15.7 Å². The number of carbonyl (C=O) groups excluding carboxylic acids is 2. The van der Waals surface area contributed by atoms with Crippen LogP contribution in [0.15, 0.2) is 46.9 Å². The summed E-state index contributed by atoms with van der Waals surface area (Å²) in [6, 6.07) is 11.7. The van der Waals surface area contributed by atoms with E-state index in [0.717, 1.165) is 4.47 Å². The van der Waals surface area contributed by atoms with Gasteiger partial charge < -0.3 is 10.6 Å². The molecule has 0 bridgehead atoms. The Morgan fingerprint density at radius 3 is 2.10 bits per heavy atom. The van der Waals surface area contributed by atoms with E-state index in [1.165, 1.54) is 0 Å². The van der Waals surface area contributed by atoms with Gasteiger partial charge in [0.25, 0.3) is 0 Å². The first kappa shape index (κ1) is 15.8. The number of amides is 2. The van der Waals surface area contributed by atoms with Crippen molar-refractivity contribution in [2.24, 2.45) is 0 Å². The lowest BCUT2D eigenvalue weighted by Gasteiger charge is -2.09. The molecule has 0 radical (unpaired) electrons. The normalized spacial score (nSPS) is 10.0. The van der Waals surface area contributed by atoms with E-state index < -0.39 is 11.8 Å². The fourth-order valence-electron chi connectivity index (χ4n) is 1.54. The maximum atomic E-state index is 11.9. The Morgan fingerprint density at radius 2 is 1.48 bits per heavy atom. The van der Waals surface area contributed by atoms with Crippen molar-refractivity contribution in [2.45, 2.75) is 0 Å². The van der Waals surface area contributed by atoms with E-state index in [0.29, 0.717) is 5.69 Å². The van der Waals surface area contributed by atoms with E-state index >= 15 is 0 Å². The van der Waals surface area contributed by atoms with Crippen molar-refractivity contribution in [1.29, 1.82) is 0 Å². The van der Waals surface area contributed by atoms with Crippen LogP contribution in [0.2, 0.25) is 10.0 Å². The minimum atomic E-state index is -0.857. The smallest absolute Gasteiger partial charge is 0.314 e. The Hall–Kier alpha value is -1.56. The van der Waals surface area contributed by atoms with Gasteiger partial charge in [-0.05, 0) is 30.3 Å². The first-order chi connectivity index (χ1) is 9.97. The van der Waals surface area contributed by atoms with E-state index in [1.807, 2.05) is 0 Å².